The number of methoxy groups -OCH3 is 1. The van der Waals surface area contributed by atoms with Crippen molar-refractivity contribution >= 4 is 29.3 Å². The van der Waals surface area contributed by atoms with Crippen molar-refractivity contribution in [1.29, 1.82) is 0 Å². The van der Waals surface area contributed by atoms with Gasteiger partial charge in [-0.05, 0) is 30.7 Å². The third-order valence-corrected chi connectivity index (χ3v) is 3.74. The Morgan fingerprint density at radius 2 is 2.16 bits per heavy atom. The maximum Gasteiger partial charge on any atom is 0.329 e. The number of carbonyl (C=O) groups excluding carboxylic acids is 2. The van der Waals surface area contributed by atoms with Crippen molar-refractivity contribution in [3.8, 4) is 0 Å². The molecule has 0 radical (unpaired) electrons. The molecular formula is C13H18N2O3S. The van der Waals surface area contributed by atoms with Crippen LogP contribution in [0.15, 0.2) is 23.1 Å². The van der Waals surface area contributed by atoms with E-state index in [1.54, 1.807) is 6.07 Å². The summed E-state index contributed by atoms with van der Waals surface area (Å²) in [4.78, 5) is 23.6. The molecule has 1 rings (SSSR count). The number of hydrogen-bond acceptors (Lipinski definition) is 5. The van der Waals surface area contributed by atoms with Gasteiger partial charge in [0, 0.05) is 23.3 Å². The molecule has 1 aromatic rings. The molecule has 6 heteroatoms. The Balaban J connectivity index is 2.70. The van der Waals surface area contributed by atoms with Crippen LogP contribution in [0.3, 0.4) is 0 Å². The van der Waals surface area contributed by atoms with Crippen LogP contribution in [0, 0.1) is 6.92 Å². The van der Waals surface area contributed by atoms with Crippen LogP contribution < -0.4 is 11.1 Å². The molecule has 0 saturated carbocycles. The number of carbonyl (C=O) groups is 2. The second kappa shape index (κ2) is 7.04. The summed E-state index contributed by atoms with van der Waals surface area (Å²) in [5.41, 5.74) is 7.42. The maximum absolute atomic E-state index is 11.5. The molecule has 0 saturated heterocycles. The number of nitrogens with one attached hydrogen (secondary N) is 1. The van der Waals surface area contributed by atoms with E-state index in [1.807, 2.05) is 19.1 Å². The summed E-state index contributed by atoms with van der Waals surface area (Å²) in [7, 11) is 1.30. The lowest BCUT2D eigenvalue weighted by molar-refractivity contribution is -0.144. The Hall–Kier alpha value is -1.69. The molecule has 1 atom stereocenters. The average molecular weight is 282 g/mol. The lowest BCUT2D eigenvalue weighted by Crippen LogP contribution is -2.42. The fourth-order valence-electron chi connectivity index (χ4n) is 1.56. The Morgan fingerprint density at radius 1 is 1.47 bits per heavy atom. The minimum absolute atomic E-state index is 0.259. The summed E-state index contributed by atoms with van der Waals surface area (Å²) in [6.45, 7) is 3.32. The maximum atomic E-state index is 11.5. The van der Waals surface area contributed by atoms with E-state index in [2.05, 4.69) is 10.1 Å². The number of aryl methyl sites for hydroxylation is 1. The molecule has 0 aliphatic heterocycles. The van der Waals surface area contributed by atoms with Gasteiger partial charge in [0.15, 0.2) is 0 Å². The number of esters is 1. The number of thioether (sulfide) groups is 1. The molecule has 1 aromatic carbocycles. The molecular weight excluding hydrogens is 264 g/mol. The first-order chi connectivity index (χ1) is 8.93. The molecule has 104 valence electrons. The van der Waals surface area contributed by atoms with Gasteiger partial charge in [-0.3, -0.25) is 4.79 Å². The molecule has 1 amide bonds. The average Bonchev–Trinajstić information content (AvgIpc) is 2.34. The van der Waals surface area contributed by atoms with Crippen LogP contribution in [-0.2, 0) is 14.3 Å². The van der Waals surface area contributed by atoms with E-state index in [1.165, 1.54) is 25.8 Å². The predicted molar refractivity (Wildman–Crippen MR) is 75.9 cm³/mol. The minimum Gasteiger partial charge on any atom is -0.467 e. The molecule has 1 unspecified atom stereocenters. The van der Waals surface area contributed by atoms with Crippen LogP contribution >= 0.6 is 11.8 Å². The van der Waals surface area contributed by atoms with Gasteiger partial charge >= 0.3 is 5.97 Å². The second-order valence-electron chi connectivity index (χ2n) is 4.11. The normalized spacial score (nSPS) is 11.7. The summed E-state index contributed by atoms with van der Waals surface area (Å²) in [6.07, 6.45) is 0. The van der Waals surface area contributed by atoms with Gasteiger partial charge in [0.1, 0.15) is 6.04 Å². The summed E-state index contributed by atoms with van der Waals surface area (Å²) >= 11 is 1.48. The SMILES string of the molecule is COC(=O)C(CSc1ccc(N)cc1C)NC(C)=O. The number of nitrogen functional groups attached to an aromatic ring is 1. The summed E-state index contributed by atoms with van der Waals surface area (Å²) in [5, 5.41) is 2.57. The van der Waals surface area contributed by atoms with Crippen molar-refractivity contribution in [2.45, 2.75) is 24.8 Å². The van der Waals surface area contributed by atoms with Crippen molar-refractivity contribution < 1.29 is 14.3 Å². The van der Waals surface area contributed by atoms with Gasteiger partial charge in [-0.1, -0.05) is 0 Å². The van der Waals surface area contributed by atoms with Gasteiger partial charge in [0.2, 0.25) is 5.91 Å². The first-order valence-corrected chi connectivity index (χ1v) is 6.76. The number of anilines is 1. The highest BCUT2D eigenvalue weighted by Crippen LogP contribution is 2.24. The molecule has 0 heterocycles. The minimum atomic E-state index is -0.649. The van der Waals surface area contributed by atoms with Gasteiger partial charge in [-0.15, -0.1) is 11.8 Å². The molecule has 0 bridgehead atoms. The number of ether oxygens (including phenoxy) is 1. The zero-order valence-corrected chi connectivity index (χ0v) is 12.0. The van der Waals surface area contributed by atoms with E-state index in [0.29, 0.717) is 11.4 Å². The molecule has 0 fully saturated rings. The number of benzene rings is 1. The van der Waals surface area contributed by atoms with E-state index < -0.39 is 12.0 Å². The third kappa shape index (κ3) is 4.82. The van der Waals surface area contributed by atoms with Crippen molar-refractivity contribution in [3.05, 3.63) is 23.8 Å². The quantitative estimate of drug-likeness (QED) is 0.484. The number of hydrogen-bond donors (Lipinski definition) is 2. The van der Waals surface area contributed by atoms with Crippen LogP contribution in [0.5, 0.6) is 0 Å². The highest BCUT2D eigenvalue weighted by Gasteiger charge is 2.20. The van der Waals surface area contributed by atoms with Gasteiger partial charge in [0.05, 0.1) is 7.11 Å². The van der Waals surface area contributed by atoms with Crippen LogP contribution in [0.4, 0.5) is 5.69 Å². The monoisotopic (exact) mass is 282 g/mol. The topological polar surface area (TPSA) is 81.4 Å². The lowest BCUT2D eigenvalue weighted by atomic mass is 10.2. The molecule has 0 aromatic heterocycles. The van der Waals surface area contributed by atoms with Crippen molar-refractivity contribution in [2.75, 3.05) is 18.6 Å². The summed E-state index contributed by atoms with van der Waals surface area (Å²) < 4.78 is 4.66. The highest BCUT2D eigenvalue weighted by atomic mass is 32.2. The van der Waals surface area contributed by atoms with Crippen LogP contribution in [-0.4, -0.2) is 30.8 Å². The van der Waals surface area contributed by atoms with Crippen LogP contribution in [0.2, 0.25) is 0 Å². The Morgan fingerprint density at radius 3 is 2.68 bits per heavy atom. The molecule has 0 aliphatic carbocycles. The van der Waals surface area contributed by atoms with Crippen LogP contribution in [0.25, 0.3) is 0 Å². The highest BCUT2D eigenvalue weighted by molar-refractivity contribution is 7.99. The third-order valence-electron chi connectivity index (χ3n) is 2.47. The van der Waals surface area contributed by atoms with E-state index >= 15 is 0 Å². The molecule has 0 spiro atoms. The molecule has 5 nitrogen and oxygen atoms in total. The number of rotatable bonds is 5. The van der Waals surface area contributed by atoms with E-state index in [0.717, 1.165) is 10.5 Å². The van der Waals surface area contributed by atoms with Crippen molar-refractivity contribution in [2.24, 2.45) is 0 Å². The Kier molecular flexibility index (Phi) is 5.69. The fourth-order valence-corrected chi connectivity index (χ4v) is 2.58. The summed E-state index contributed by atoms with van der Waals surface area (Å²) in [6, 6.07) is 4.93. The fraction of sp³-hybridized carbons (Fsp3) is 0.385. The molecule has 19 heavy (non-hydrogen) atoms. The number of amides is 1. The van der Waals surface area contributed by atoms with E-state index in [4.69, 9.17) is 5.73 Å². The first kappa shape index (κ1) is 15.4. The number of nitrogens with two attached hydrogens (primary N) is 1. The zero-order valence-electron chi connectivity index (χ0n) is 11.2. The van der Waals surface area contributed by atoms with Gasteiger partial charge in [0.25, 0.3) is 0 Å². The van der Waals surface area contributed by atoms with Crippen molar-refractivity contribution in [3.63, 3.8) is 0 Å². The van der Waals surface area contributed by atoms with Gasteiger partial charge in [-0.2, -0.15) is 0 Å². The molecule has 3 N–H and O–H groups in total. The van der Waals surface area contributed by atoms with E-state index in [9.17, 15) is 9.59 Å². The lowest BCUT2D eigenvalue weighted by Gasteiger charge is -2.15. The second-order valence-corrected chi connectivity index (χ2v) is 5.17. The smallest absolute Gasteiger partial charge is 0.329 e. The zero-order chi connectivity index (χ0) is 14.4. The van der Waals surface area contributed by atoms with Gasteiger partial charge in [-0.25, -0.2) is 4.79 Å². The Bertz CT molecular complexity index is 477. The van der Waals surface area contributed by atoms with Crippen LogP contribution in [0.1, 0.15) is 12.5 Å². The first-order valence-electron chi connectivity index (χ1n) is 5.78. The predicted octanol–water partition coefficient (Wildman–Crippen LogP) is 1.35. The Labute approximate surface area is 116 Å². The summed E-state index contributed by atoms with van der Waals surface area (Å²) in [5.74, 6) is -0.294. The van der Waals surface area contributed by atoms with Crippen molar-refractivity contribution in [1.82, 2.24) is 5.32 Å². The standard InChI is InChI=1S/C13H18N2O3S/c1-8-6-10(14)4-5-12(8)19-7-11(13(17)18-3)15-9(2)16/h4-6,11H,7,14H2,1-3H3,(H,15,16). The molecule has 0 aliphatic rings. The van der Waals surface area contributed by atoms with E-state index in [-0.39, 0.29) is 5.91 Å². The van der Waals surface area contributed by atoms with Gasteiger partial charge < -0.3 is 15.8 Å². The largest absolute Gasteiger partial charge is 0.467 e.